The zero-order valence-electron chi connectivity index (χ0n) is 15.3. The van der Waals surface area contributed by atoms with Crippen LogP contribution in [-0.2, 0) is 9.53 Å². The van der Waals surface area contributed by atoms with Crippen molar-refractivity contribution in [3.8, 4) is 0 Å². The second-order valence-electron chi connectivity index (χ2n) is 8.52. The molecule has 5 unspecified atom stereocenters. The molecular formula is C19H35NO2. The van der Waals surface area contributed by atoms with Crippen LogP contribution < -0.4 is 5.32 Å². The lowest BCUT2D eigenvalue weighted by Gasteiger charge is -2.31. The number of hydrogen-bond acceptors (Lipinski definition) is 2. The molecule has 0 aromatic heterocycles. The molecule has 22 heavy (non-hydrogen) atoms. The topological polar surface area (TPSA) is 38.3 Å². The highest BCUT2D eigenvalue weighted by Crippen LogP contribution is 2.63. The highest BCUT2D eigenvalue weighted by molar-refractivity contribution is 5.79. The van der Waals surface area contributed by atoms with E-state index in [0.717, 1.165) is 24.7 Å². The van der Waals surface area contributed by atoms with Gasteiger partial charge in [-0.15, -0.1) is 0 Å². The first-order chi connectivity index (χ1) is 10.3. The summed E-state index contributed by atoms with van der Waals surface area (Å²) in [5.74, 6) is 3.08. The van der Waals surface area contributed by atoms with Gasteiger partial charge in [-0.25, -0.2) is 0 Å². The Hall–Kier alpha value is -0.570. The maximum Gasteiger partial charge on any atom is 0.223 e. The minimum atomic E-state index is 0.127. The lowest BCUT2D eigenvalue weighted by Crippen LogP contribution is -2.45. The molecule has 0 aromatic carbocycles. The molecule has 1 amide bonds. The molecule has 0 aliphatic heterocycles. The summed E-state index contributed by atoms with van der Waals surface area (Å²) in [5.41, 5.74) is 0.553. The smallest absolute Gasteiger partial charge is 0.223 e. The van der Waals surface area contributed by atoms with Gasteiger partial charge in [-0.3, -0.25) is 4.79 Å². The maximum absolute atomic E-state index is 12.7. The summed E-state index contributed by atoms with van der Waals surface area (Å²) in [4.78, 5) is 12.7. The predicted octanol–water partition coefficient (Wildman–Crippen LogP) is 3.87. The first kappa shape index (κ1) is 17.8. The summed E-state index contributed by atoms with van der Waals surface area (Å²) in [6, 6.07) is 0.127. The number of rotatable bonds is 5. The predicted molar refractivity (Wildman–Crippen MR) is 90.5 cm³/mol. The third-order valence-electron chi connectivity index (χ3n) is 6.61. The van der Waals surface area contributed by atoms with E-state index in [2.05, 4.69) is 39.9 Å². The second-order valence-corrected chi connectivity index (χ2v) is 8.52. The van der Waals surface area contributed by atoms with E-state index >= 15 is 0 Å². The van der Waals surface area contributed by atoms with Gasteiger partial charge in [0.25, 0.3) is 0 Å². The molecule has 0 radical (unpaired) electrons. The van der Waals surface area contributed by atoms with Crippen LogP contribution in [0, 0.1) is 35.0 Å². The number of ether oxygens (including phenoxy) is 1. The van der Waals surface area contributed by atoms with E-state index in [1.54, 1.807) is 7.11 Å². The molecule has 0 saturated heterocycles. The molecule has 2 aliphatic rings. The van der Waals surface area contributed by atoms with Crippen molar-refractivity contribution in [3.05, 3.63) is 0 Å². The van der Waals surface area contributed by atoms with Crippen LogP contribution in [0.4, 0.5) is 0 Å². The standard InChI is InChI=1S/C19H35NO2/c1-12(2)17(11-22-6)20-18(21)15-8-7-14(4)19(5)10-16(19)13(3)9-15/h12-17H,7-11H2,1-6H3,(H,20,21)/t13?,14?,15?,16?,17?,19-/m0/s1. The van der Waals surface area contributed by atoms with Gasteiger partial charge in [0.15, 0.2) is 0 Å². The average molecular weight is 309 g/mol. The lowest BCUT2D eigenvalue weighted by atomic mass is 9.76. The molecule has 0 bridgehead atoms. The molecule has 1 N–H and O–H groups in total. The Morgan fingerprint density at radius 2 is 2.00 bits per heavy atom. The van der Waals surface area contributed by atoms with Gasteiger partial charge in [-0.1, -0.05) is 34.6 Å². The third-order valence-corrected chi connectivity index (χ3v) is 6.61. The number of nitrogens with one attached hydrogen (secondary N) is 1. The monoisotopic (exact) mass is 309 g/mol. The van der Waals surface area contributed by atoms with E-state index in [1.807, 2.05) is 0 Å². The number of amides is 1. The number of fused-ring (bicyclic) bond motifs is 1. The van der Waals surface area contributed by atoms with Crippen molar-refractivity contribution in [2.75, 3.05) is 13.7 Å². The van der Waals surface area contributed by atoms with Crippen molar-refractivity contribution < 1.29 is 9.53 Å². The van der Waals surface area contributed by atoms with Gasteiger partial charge >= 0.3 is 0 Å². The van der Waals surface area contributed by atoms with Crippen LogP contribution in [0.15, 0.2) is 0 Å². The van der Waals surface area contributed by atoms with Crippen LogP contribution in [0.3, 0.4) is 0 Å². The van der Waals surface area contributed by atoms with Crippen LogP contribution in [0.1, 0.15) is 60.3 Å². The quantitative estimate of drug-likeness (QED) is 0.837. The Labute approximate surface area is 136 Å². The Morgan fingerprint density at radius 1 is 1.32 bits per heavy atom. The van der Waals surface area contributed by atoms with Crippen LogP contribution in [0.2, 0.25) is 0 Å². The van der Waals surface area contributed by atoms with Crippen LogP contribution >= 0.6 is 0 Å². The zero-order chi connectivity index (χ0) is 16.5. The van der Waals surface area contributed by atoms with E-state index in [4.69, 9.17) is 4.74 Å². The number of carbonyl (C=O) groups is 1. The van der Waals surface area contributed by atoms with Crippen molar-refractivity contribution in [3.63, 3.8) is 0 Å². The highest BCUT2D eigenvalue weighted by Gasteiger charge is 2.56. The fourth-order valence-electron chi connectivity index (χ4n) is 4.46. The van der Waals surface area contributed by atoms with E-state index in [1.165, 1.54) is 12.8 Å². The SMILES string of the molecule is COCC(NC(=O)C1CCC(C)[C@]2(C)CC2C(C)C1)C(C)C. The third kappa shape index (κ3) is 3.67. The fourth-order valence-corrected chi connectivity index (χ4v) is 4.46. The maximum atomic E-state index is 12.7. The summed E-state index contributed by atoms with van der Waals surface area (Å²) < 4.78 is 5.26. The molecule has 2 saturated carbocycles. The van der Waals surface area contributed by atoms with E-state index < -0.39 is 0 Å². The highest BCUT2D eigenvalue weighted by atomic mass is 16.5. The average Bonchev–Trinajstić information content (AvgIpc) is 3.14. The van der Waals surface area contributed by atoms with Gasteiger partial charge in [0.05, 0.1) is 12.6 Å². The largest absolute Gasteiger partial charge is 0.383 e. The summed E-state index contributed by atoms with van der Waals surface area (Å²) in [6.45, 7) is 12.1. The van der Waals surface area contributed by atoms with Gasteiger partial charge in [0.1, 0.15) is 0 Å². The summed E-state index contributed by atoms with van der Waals surface area (Å²) in [5, 5.41) is 3.24. The molecule has 3 heteroatoms. The molecule has 0 aromatic rings. The lowest BCUT2D eigenvalue weighted by molar-refractivity contribution is -0.127. The van der Waals surface area contributed by atoms with E-state index in [9.17, 15) is 4.79 Å². The molecule has 2 fully saturated rings. The first-order valence-electron chi connectivity index (χ1n) is 9.08. The van der Waals surface area contributed by atoms with Gasteiger partial charge in [-0.05, 0) is 54.8 Å². The van der Waals surface area contributed by atoms with E-state index in [-0.39, 0.29) is 17.9 Å². The van der Waals surface area contributed by atoms with E-state index in [0.29, 0.717) is 23.9 Å². The molecule has 6 atom stereocenters. The van der Waals surface area contributed by atoms with Crippen molar-refractivity contribution in [2.24, 2.45) is 35.0 Å². The normalized spacial score (nSPS) is 39.6. The minimum Gasteiger partial charge on any atom is -0.383 e. The Kier molecular flexibility index (Phi) is 5.58. The zero-order valence-corrected chi connectivity index (χ0v) is 15.3. The van der Waals surface area contributed by atoms with Crippen molar-refractivity contribution >= 4 is 5.91 Å². The second kappa shape index (κ2) is 6.90. The summed E-state index contributed by atoms with van der Waals surface area (Å²) in [6.07, 6.45) is 4.64. The number of methoxy groups -OCH3 is 1. The van der Waals surface area contributed by atoms with Crippen molar-refractivity contribution in [1.29, 1.82) is 0 Å². The molecule has 128 valence electrons. The van der Waals surface area contributed by atoms with Gasteiger partial charge in [0, 0.05) is 13.0 Å². The molecule has 0 heterocycles. The molecule has 2 aliphatic carbocycles. The summed E-state index contributed by atoms with van der Waals surface area (Å²) >= 11 is 0. The Balaban J connectivity index is 1.97. The van der Waals surface area contributed by atoms with Crippen molar-refractivity contribution in [2.45, 2.75) is 66.3 Å². The molecule has 3 nitrogen and oxygen atoms in total. The Bertz CT molecular complexity index is 395. The molecule has 0 spiro atoms. The van der Waals surface area contributed by atoms with Gasteiger partial charge in [-0.2, -0.15) is 0 Å². The minimum absolute atomic E-state index is 0.127. The summed E-state index contributed by atoms with van der Waals surface area (Å²) in [7, 11) is 1.70. The van der Waals surface area contributed by atoms with Crippen LogP contribution in [0.5, 0.6) is 0 Å². The van der Waals surface area contributed by atoms with Crippen LogP contribution in [-0.4, -0.2) is 25.7 Å². The molecule has 2 rings (SSSR count). The fraction of sp³-hybridized carbons (Fsp3) is 0.947. The van der Waals surface area contributed by atoms with Gasteiger partial charge in [0.2, 0.25) is 5.91 Å². The molecular weight excluding hydrogens is 274 g/mol. The first-order valence-corrected chi connectivity index (χ1v) is 9.08. The van der Waals surface area contributed by atoms with Gasteiger partial charge < -0.3 is 10.1 Å². The number of carbonyl (C=O) groups excluding carboxylic acids is 1. The number of hydrogen-bond donors (Lipinski definition) is 1. The van der Waals surface area contributed by atoms with Crippen LogP contribution in [0.25, 0.3) is 0 Å². The van der Waals surface area contributed by atoms with Crippen molar-refractivity contribution in [1.82, 2.24) is 5.32 Å². The Morgan fingerprint density at radius 3 is 2.59 bits per heavy atom.